The highest BCUT2D eigenvalue weighted by Gasteiger charge is 2.26. The van der Waals surface area contributed by atoms with Gasteiger partial charge in [-0.1, -0.05) is 11.6 Å². The maximum absolute atomic E-state index is 6.00. The van der Waals surface area contributed by atoms with E-state index in [-0.39, 0.29) is 18.3 Å². The lowest BCUT2D eigenvalue weighted by molar-refractivity contribution is -0.0722. The molecule has 2 rings (SSSR count). The van der Waals surface area contributed by atoms with Crippen LogP contribution in [0.3, 0.4) is 0 Å². The number of hydrogen-bond acceptors (Lipinski definition) is 2. The molecule has 94 valence electrons. The SMILES string of the molecule is C[C@@H]1C[C@H](Oc2ccc(Cl)cc2Br)C[C@H](C)O1. The molecule has 3 atom stereocenters. The predicted molar refractivity (Wildman–Crippen MR) is 72.8 cm³/mol. The van der Waals surface area contributed by atoms with Crippen molar-refractivity contribution in [2.75, 3.05) is 0 Å². The molecule has 0 bridgehead atoms. The Bertz CT molecular complexity index is 387. The molecule has 1 fully saturated rings. The molecule has 4 heteroatoms. The number of halogens is 2. The number of hydrogen-bond donors (Lipinski definition) is 0. The summed E-state index contributed by atoms with van der Waals surface area (Å²) in [6, 6.07) is 5.59. The zero-order valence-corrected chi connectivity index (χ0v) is 12.3. The van der Waals surface area contributed by atoms with Gasteiger partial charge in [-0.25, -0.2) is 0 Å². The lowest BCUT2D eigenvalue weighted by Crippen LogP contribution is -2.35. The topological polar surface area (TPSA) is 18.5 Å². The molecule has 0 aliphatic carbocycles. The summed E-state index contributed by atoms with van der Waals surface area (Å²) in [5.74, 6) is 0.848. The fourth-order valence-electron chi connectivity index (χ4n) is 2.19. The Morgan fingerprint density at radius 2 is 1.94 bits per heavy atom. The van der Waals surface area contributed by atoms with Crippen LogP contribution in [0.15, 0.2) is 22.7 Å². The van der Waals surface area contributed by atoms with Gasteiger partial charge in [-0.3, -0.25) is 0 Å². The minimum absolute atomic E-state index is 0.214. The van der Waals surface area contributed by atoms with Crippen LogP contribution >= 0.6 is 27.5 Å². The van der Waals surface area contributed by atoms with Gasteiger partial charge in [-0.15, -0.1) is 0 Å². The fraction of sp³-hybridized carbons (Fsp3) is 0.538. The summed E-state index contributed by atoms with van der Waals surface area (Å²) in [6.07, 6.45) is 2.59. The van der Waals surface area contributed by atoms with E-state index in [9.17, 15) is 0 Å². The molecule has 2 nitrogen and oxygen atoms in total. The first-order chi connectivity index (χ1) is 8.04. The Hall–Kier alpha value is -0.250. The quantitative estimate of drug-likeness (QED) is 0.802. The van der Waals surface area contributed by atoms with Gasteiger partial charge < -0.3 is 9.47 Å². The zero-order chi connectivity index (χ0) is 12.4. The standard InChI is InChI=1S/C13H16BrClO2/c1-8-5-11(6-9(2)16-8)17-13-4-3-10(15)7-12(13)14/h3-4,7-9,11H,5-6H2,1-2H3/t8-,9+,11+. The molecule has 0 spiro atoms. The van der Waals surface area contributed by atoms with Gasteiger partial charge in [0.15, 0.2) is 0 Å². The van der Waals surface area contributed by atoms with Gasteiger partial charge in [0, 0.05) is 17.9 Å². The van der Waals surface area contributed by atoms with Gasteiger partial charge in [0.1, 0.15) is 11.9 Å². The van der Waals surface area contributed by atoms with Crippen LogP contribution in [0.2, 0.25) is 5.02 Å². The molecule has 1 aliphatic rings. The molecule has 0 saturated carbocycles. The number of benzene rings is 1. The third-order valence-electron chi connectivity index (χ3n) is 2.84. The minimum Gasteiger partial charge on any atom is -0.489 e. The van der Waals surface area contributed by atoms with Crippen molar-refractivity contribution in [3.8, 4) is 5.75 Å². The van der Waals surface area contributed by atoms with Gasteiger partial charge in [-0.2, -0.15) is 0 Å². The van der Waals surface area contributed by atoms with Gasteiger partial charge in [0.2, 0.25) is 0 Å². The summed E-state index contributed by atoms with van der Waals surface area (Å²) in [5.41, 5.74) is 0. The Morgan fingerprint density at radius 1 is 1.29 bits per heavy atom. The molecule has 0 radical (unpaired) electrons. The van der Waals surface area contributed by atoms with Crippen LogP contribution in [0.5, 0.6) is 5.75 Å². The van der Waals surface area contributed by atoms with Crippen molar-refractivity contribution in [3.63, 3.8) is 0 Å². The second-order valence-corrected chi connectivity index (χ2v) is 5.83. The maximum Gasteiger partial charge on any atom is 0.134 e. The molecule has 1 aromatic carbocycles. The van der Waals surface area contributed by atoms with E-state index < -0.39 is 0 Å². The molecular formula is C13H16BrClO2. The van der Waals surface area contributed by atoms with E-state index >= 15 is 0 Å². The Balaban J connectivity index is 2.04. The summed E-state index contributed by atoms with van der Waals surface area (Å²) in [7, 11) is 0. The molecular weight excluding hydrogens is 303 g/mol. The van der Waals surface area contributed by atoms with Crippen molar-refractivity contribution in [1.29, 1.82) is 0 Å². The fourth-order valence-corrected chi connectivity index (χ4v) is 2.97. The predicted octanol–water partition coefficient (Wildman–Crippen LogP) is 4.44. The van der Waals surface area contributed by atoms with Crippen molar-refractivity contribution < 1.29 is 9.47 Å². The summed E-state index contributed by atoms with van der Waals surface area (Å²) in [4.78, 5) is 0. The highest BCUT2D eigenvalue weighted by molar-refractivity contribution is 9.10. The van der Waals surface area contributed by atoms with E-state index in [4.69, 9.17) is 21.1 Å². The molecule has 17 heavy (non-hydrogen) atoms. The second kappa shape index (κ2) is 5.59. The first-order valence-electron chi connectivity index (χ1n) is 5.81. The second-order valence-electron chi connectivity index (χ2n) is 4.54. The van der Waals surface area contributed by atoms with Gasteiger partial charge >= 0.3 is 0 Å². The highest BCUT2D eigenvalue weighted by Crippen LogP contribution is 2.31. The molecule has 1 saturated heterocycles. The van der Waals surface area contributed by atoms with E-state index in [0.29, 0.717) is 5.02 Å². The largest absolute Gasteiger partial charge is 0.489 e. The summed E-state index contributed by atoms with van der Waals surface area (Å²) in [6.45, 7) is 4.17. The van der Waals surface area contributed by atoms with Crippen LogP contribution < -0.4 is 4.74 Å². The molecule has 1 aliphatic heterocycles. The van der Waals surface area contributed by atoms with E-state index in [2.05, 4.69) is 29.8 Å². The van der Waals surface area contributed by atoms with Gasteiger partial charge in [0.25, 0.3) is 0 Å². The highest BCUT2D eigenvalue weighted by atomic mass is 79.9. The lowest BCUT2D eigenvalue weighted by atomic mass is 10.0. The van der Waals surface area contributed by atoms with Crippen molar-refractivity contribution in [2.45, 2.75) is 45.0 Å². The monoisotopic (exact) mass is 318 g/mol. The first-order valence-corrected chi connectivity index (χ1v) is 6.99. The molecule has 1 heterocycles. The molecule has 0 aromatic heterocycles. The summed E-state index contributed by atoms with van der Waals surface area (Å²) >= 11 is 9.36. The van der Waals surface area contributed by atoms with Gasteiger partial charge in [0.05, 0.1) is 16.7 Å². The number of rotatable bonds is 2. The van der Waals surface area contributed by atoms with Crippen LogP contribution in [-0.4, -0.2) is 18.3 Å². The van der Waals surface area contributed by atoms with E-state index in [0.717, 1.165) is 23.1 Å². The third-order valence-corrected chi connectivity index (χ3v) is 3.70. The van der Waals surface area contributed by atoms with E-state index in [1.54, 1.807) is 0 Å². The van der Waals surface area contributed by atoms with Crippen LogP contribution in [-0.2, 0) is 4.74 Å². The van der Waals surface area contributed by atoms with E-state index in [1.807, 2.05) is 18.2 Å². The Kier molecular flexibility index (Phi) is 4.34. The van der Waals surface area contributed by atoms with Crippen LogP contribution in [0, 0.1) is 0 Å². The van der Waals surface area contributed by atoms with Crippen LogP contribution in [0.1, 0.15) is 26.7 Å². The zero-order valence-electron chi connectivity index (χ0n) is 9.95. The van der Waals surface area contributed by atoms with Crippen molar-refractivity contribution in [3.05, 3.63) is 27.7 Å². The molecule has 0 unspecified atom stereocenters. The summed E-state index contributed by atoms with van der Waals surface area (Å²) < 4.78 is 12.6. The van der Waals surface area contributed by atoms with Crippen molar-refractivity contribution in [2.24, 2.45) is 0 Å². The average molecular weight is 320 g/mol. The molecule has 0 amide bonds. The minimum atomic E-state index is 0.214. The summed E-state index contributed by atoms with van der Waals surface area (Å²) in [5, 5.41) is 0.706. The normalized spacial score (nSPS) is 29.1. The van der Waals surface area contributed by atoms with Crippen molar-refractivity contribution in [1.82, 2.24) is 0 Å². The Morgan fingerprint density at radius 3 is 2.53 bits per heavy atom. The third kappa shape index (κ3) is 3.60. The lowest BCUT2D eigenvalue weighted by Gasteiger charge is -2.32. The molecule has 1 aromatic rings. The van der Waals surface area contributed by atoms with Crippen LogP contribution in [0.4, 0.5) is 0 Å². The smallest absolute Gasteiger partial charge is 0.134 e. The van der Waals surface area contributed by atoms with E-state index in [1.165, 1.54) is 0 Å². The maximum atomic E-state index is 6.00. The number of ether oxygens (including phenoxy) is 2. The average Bonchev–Trinajstić information content (AvgIpc) is 2.21. The Labute approximate surface area is 115 Å². The molecule has 0 N–H and O–H groups in total. The van der Waals surface area contributed by atoms with Crippen molar-refractivity contribution >= 4 is 27.5 Å². The van der Waals surface area contributed by atoms with Crippen LogP contribution in [0.25, 0.3) is 0 Å². The first kappa shape index (κ1) is 13.2. The van der Waals surface area contributed by atoms with Gasteiger partial charge in [-0.05, 0) is 48.0 Å².